The number of carbonyl (C=O) groups is 4. The largest absolute Gasteiger partial charge is 0.478 e. The average Bonchev–Trinajstić information content (AvgIpc) is 2.92. The molecule has 3 aromatic rings. The number of anilines is 2. The normalized spacial score (nSPS) is 16.3. The number of hydrogen-bond acceptors (Lipinski definition) is 5. The first-order valence-electron chi connectivity index (χ1n) is 15.4. The van der Waals surface area contributed by atoms with Crippen LogP contribution in [0.15, 0.2) is 48.4 Å². The number of hydrogen-bond donors (Lipinski definition) is 4. The molecule has 0 spiro atoms. The molecule has 0 bridgehead atoms. The van der Waals surface area contributed by atoms with Crippen molar-refractivity contribution in [1.29, 1.82) is 0 Å². The fourth-order valence-electron chi connectivity index (χ4n) is 2.96. The Morgan fingerprint density at radius 1 is 0.794 bits per heavy atom. The van der Waals surface area contributed by atoms with E-state index in [1.54, 1.807) is 0 Å². The highest BCUT2D eigenvalue weighted by atomic mass is 16.4. The first-order valence-corrected chi connectivity index (χ1v) is 9.42. The number of nitrogens with one attached hydrogen (secondary N) is 2. The summed E-state index contributed by atoms with van der Waals surface area (Å²) in [6, 6.07) is -4.66. The van der Waals surface area contributed by atoms with E-state index in [0.717, 1.165) is 6.92 Å². The van der Waals surface area contributed by atoms with Crippen LogP contribution in [0.25, 0.3) is 11.1 Å². The number of Topliss-reactive ketones (excluding diaryl/α,β-unsaturated/α-hetero) is 1. The minimum atomic E-state index is -3.36. The zero-order valence-corrected chi connectivity index (χ0v) is 17.7. The lowest BCUT2D eigenvalue weighted by Crippen LogP contribution is -2.20. The molecule has 4 N–H and O–H groups in total. The number of rotatable bonds is 7. The second-order valence-corrected chi connectivity index (χ2v) is 6.81. The maximum atomic E-state index is 13.4. The molecular weight excluding hydrogens is 436 g/mol. The molecule has 8 heteroatoms. The van der Waals surface area contributed by atoms with Crippen molar-refractivity contribution in [3.63, 3.8) is 0 Å². The molecule has 0 saturated carbocycles. The van der Waals surface area contributed by atoms with E-state index in [-0.39, 0.29) is 0 Å². The van der Waals surface area contributed by atoms with Crippen molar-refractivity contribution in [2.24, 2.45) is 0 Å². The summed E-state index contributed by atoms with van der Waals surface area (Å²) in [5, 5.41) is 23.5. The van der Waals surface area contributed by atoms with Gasteiger partial charge in [0.05, 0.1) is 24.9 Å². The second kappa shape index (κ2) is 9.58. The number of ketones is 1. The van der Waals surface area contributed by atoms with Gasteiger partial charge in [-0.25, -0.2) is 9.59 Å². The average molecular weight is 473 g/mol. The molecule has 0 radical (unpaired) electrons. The van der Waals surface area contributed by atoms with Gasteiger partial charge in [0.25, 0.3) is 5.91 Å². The predicted molar refractivity (Wildman–Crippen MR) is 129 cm³/mol. The Bertz CT molecular complexity index is 1850. The third kappa shape index (κ3) is 4.80. The minimum Gasteiger partial charge on any atom is -0.478 e. The summed E-state index contributed by atoms with van der Waals surface area (Å²) >= 11 is 0. The third-order valence-electron chi connectivity index (χ3n) is 4.61. The van der Waals surface area contributed by atoms with Gasteiger partial charge in [-0.2, -0.15) is 0 Å². The van der Waals surface area contributed by atoms with Gasteiger partial charge in [-0.1, -0.05) is 12.1 Å². The highest BCUT2D eigenvalue weighted by Crippen LogP contribution is 2.28. The summed E-state index contributed by atoms with van der Waals surface area (Å²) in [5.41, 5.74) is -8.01. The van der Waals surface area contributed by atoms with Crippen molar-refractivity contribution in [3.05, 3.63) is 81.8 Å². The van der Waals surface area contributed by atoms with Crippen molar-refractivity contribution < 1.29 is 45.8 Å². The van der Waals surface area contributed by atoms with Crippen LogP contribution in [0.3, 0.4) is 0 Å². The molecule has 0 aliphatic rings. The van der Waals surface area contributed by atoms with E-state index in [1.165, 1.54) is 7.05 Å². The van der Waals surface area contributed by atoms with Gasteiger partial charge in [-0.05, 0) is 79.2 Å². The van der Waals surface area contributed by atoms with Gasteiger partial charge in [0.2, 0.25) is 0 Å². The van der Waals surface area contributed by atoms with Crippen molar-refractivity contribution in [1.82, 2.24) is 0 Å². The summed E-state index contributed by atoms with van der Waals surface area (Å²) in [6.07, 6.45) is 0. The van der Waals surface area contributed by atoms with Crippen LogP contribution >= 0.6 is 0 Å². The van der Waals surface area contributed by atoms with Crippen LogP contribution in [-0.2, 0) is 0 Å². The molecule has 3 aromatic carbocycles. The number of carboxylic acid groups (broad SMARTS) is 2. The second-order valence-electron chi connectivity index (χ2n) is 6.81. The van der Waals surface area contributed by atoms with Crippen LogP contribution in [-0.4, -0.2) is 40.9 Å². The molecule has 8 nitrogen and oxygen atoms in total. The van der Waals surface area contributed by atoms with Gasteiger partial charge < -0.3 is 20.8 Å². The van der Waals surface area contributed by atoms with Crippen LogP contribution in [0.2, 0.25) is 0 Å². The van der Waals surface area contributed by atoms with E-state index >= 15 is 0 Å². The first-order chi connectivity index (χ1) is 21.0. The third-order valence-corrected chi connectivity index (χ3v) is 4.61. The summed E-state index contributed by atoms with van der Waals surface area (Å²) in [6.45, 7) is -5.48. The van der Waals surface area contributed by atoms with Gasteiger partial charge in [-0.15, -0.1) is 0 Å². The highest BCUT2D eigenvalue weighted by Gasteiger charge is 2.24. The van der Waals surface area contributed by atoms with Crippen LogP contribution in [0.5, 0.6) is 0 Å². The molecule has 1 amide bonds. The summed E-state index contributed by atoms with van der Waals surface area (Å²) in [5.74, 6) is -5.82. The lowest BCUT2D eigenvalue weighted by atomic mass is 9.95. The molecule has 0 aromatic heterocycles. The molecule has 34 heavy (non-hydrogen) atoms. The standard InChI is InChI=1S/C26H24N2O6/c1-13-9-16(5-7-22(13)27-4)17-6-8-23(14(2)10-17)28-24(30)19-11-18(15(3)29)20(25(31)32)12-21(19)26(33)34/h5-12,27H,1-4H3,(H,28,30)(H,31,32)(H,33,34)/i1D3,2D3,5D,6D,7D,8D,9D,10D. The minimum absolute atomic E-state index is 0.420. The Hall–Kier alpha value is -4.46. The van der Waals surface area contributed by atoms with Crippen molar-refractivity contribution in [2.75, 3.05) is 17.7 Å². The molecule has 174 valence electrons. The summed E-state index contributed by atoms with van der Waals surface area (Å²) in [7, 11) is 1.24. The van der Waals surface area contributed by atoms with Crippen LogP contribution in [0, 0.1) is 13.7 Å². The van der Waals surface area contributed by atoms with Crippen LogP contribution < -0.4 is 10.6 Å². The quantitative estimate of drug-likeness (QED) is 0.361. The lowest BCUT2D eigenvalue weighted by molar-refractivity contribution is 0.0690. The maximum Gasteiger partial charge on any atom is 0.336 e. The lowest BCUT2D eigenvalue weighted by Gasteiger charge is -2.14. The van der Waals surface area contributed by atoms with Gasteiger partial charge in [0.15, 0.2) is 5.78 Å². The fraction of sp³-hybridized carbons (Fsp3) is 0.154. The Labute approximate surface area is 213 Å². The van der Waals surface area contributed by atoms with Crippen LogP contribution in [0.4, 0.5) is 11.4 Å². The maximum absolute atomic E-state index is 13.4. The zero-order valence-electron chi connectivity index (χ0n) is 29.7. The van der Waals surface area contributed by atoms with Gasteiger partial charge in [0.1, 0.15) is 0 Å². The Morgan fingerprint density at radius 2 is 1.29 bits per heavy atom. The fourth-order valence-corrected chi connectivity index (χ4v) is 2.96. The van der Waals surface area contributed by atoms with Crippen molar-refractivity contribution >= 4 is 35.0 Å². The molecule has 0 aliphatic heterocycles. The van der Waals surface area contributed by atoms with E-state index in [4.69, 9.17) is 16.4 Å². The molecule has 3 rings (SSSR count). The monoisotopic (exact) mass is 472 g/mol. The molecule has 0 heterocycles. The zero-order chi connectivity index (χ0) is 35.4. The smallest absolute Gasteiger partial charge is 0.336 e. The van der Waals surface area contributed by atoms with Crippen molar-refractivity contribution in [2.45, 2.75) is 20.6 Å². The van der Waals surface area contributed by atoms with E-state index in [9.17, 15) is 29.4 Å². The van der Waals surface area contributed by atoms with E-state index in [0.29, 0.717) is 12.1 Å². The first kappa shape index (κ1) is 12.7. The van der Waals surface area contributed by atoms with Crippen LogP contribution in [0.1, 0.15) is 75.9 Å². The topological polar surface area (TPSA) is 133 Å². The highest BCUT2D eigenvalue weighted by molar-refractivity contribution is 6.15. The predicted octanol–water partition coefficient (Wildman–Crippen LogP) is 4.86. The molecule has 0 saturated heterocycles. The van der Waals surface area contributed by atoms with E-state index in [2.05, 4.69) is 5.32 Å². The Balaban J connectivity index is 2.44. The van der Waals surface area contributed by atoms with Gasteiger partial charge >= 0.3 is 11.9 Å². The van der Waals surface area contributed by atoms with E-state index in [1.807, 2.05) is 5.32 Å². The number of aromatic carboxylic acids is 2. The van der Waals surface area contributed by atoms with Gasteiger partial charge in [0, 0.05) is 32.2 Å². The van der Waals surface area contributed by atoms with Gasteiger partial charge in [-0.3, -0.25) is 9.59 Å². The molecular formula is C26H24N2O6. The molecule has 0 aliphatic carbocycles. The van der Waals surface area contributed by atoms with Crippen molar-refractivity contribution in [3.8, 4) is 11.1 Å². The van der Waals surface area contributed by atoms with E-state index < -0.39 is 129 Å². The number of carbonyl (C=O) groups excluding carboxylic acids is 2. The number of benzene rings is 3. The summed E-state index contributed by atoms with van der Waals surface area (Å²) < 4.78 is 99.0. The number of carboxylic acids is 2. The molecule has 0 atom stereocenters. The SMILES string of the molecule is [2H]c1c([2H])c(-c2c([2H])c([2H])c(NC(=O)c3cc(C(C)=O)c(C(=O)O)cc3C(=O)O)c(C([2H])([2H])[2H])c2[2H])c([2H])c(C([2H])([2H])[2H])c1NC. The summed E-state index contributed by atoms with van der Waals surface area (Å²) in [4.78, 5) is 49.1. The molecule has 0 unspecified atom stereocenters. The Morgan fingerprint density at radius 3 is 1.79 bits per heavy atom. The molecule has 0 fully saturated rings. The Kier molecular flexibility index (Phi) is 3.58. The number of amides is 1.